The van der Waals surface area contributed by atoms with E-state index in [0.29, 0.717) is 10.6 Å². The predicted molar refractivity (Wildman–Crippen MR) is 86.0 cm³/mol. The van der Waals surface area contributed by atoms with Crippen molar-refractivity contribution in [3.8, 4) is 0 Å². The Hall–Kier alpha value is -1.64. The predicted octanol–water partition coefficient (Wildman–Crippen LogP) is 4.27. The van der Waals surface area contributed by atoms with E-state index in [0.717, 1.165) is 30.4 Å². The van der Waals surface area contributed by atoms with E-state index >= 15 is 0 Å². The van der Waals surface area contributed by atoms with Crippen molar-refractivity contribution in [2.24, 2.45) is 0 Å². The zero-order valence-corrected chi connectivity index (χ0v) is 12.9. The molecule has 0 N–H and O–H groups in total. The number of nitrogens with zero attached hydrogens (tertiary/aromatic N) is 1. The number of ketones is 1. The number of rotatable bonds is 6. The maximum Gasteiger partial charge on any atom is 0.193 e. The van der Waals surface area contributed by atoms with E-state index < -0.39 is 0 Å². The smallest absolute Gasteiger partial charge is 0.193 e. The summed E-state index contributed by atoms with van der Waals surface area (Å²) in [5.74, 6) is 0.0195. The molecule has 0 amide bonds. The number of aryl methyl sites for hydroxylation is 2. The largest absolute Gasteiger partial charge is 0.289 e. The van der Waals surface area contributed by atoms with Crippen LogP contribution in [-0.4, -0.2) is 12.3 Å². The van der Waals surface area contributed by atoms with Crippen LogP contribution < -0.4 is 5.73 Å². The van der Waals surface area contributed by atoms with Gasteiger partial charge in [0.05, 0.1) is 0 Å². The molecule has 0 aliphatic carbocycles. The molecule has 3 heteroatoms. The summed E-state index contributed by atoms with van der Waals surface area (Å²) < 4.78 is 0. The molecule has 0 atom stereocenters. The summed E-state index contributed by atoms with van der Waals surface area (Å²) in [6, 6.07) is 12.9. The van der Waals surface area contributed by atoms with Gasteiger partial charge in [0.2, 0.25) is 0 Å². The van der Waals surface area contributed by atoms with Crippen LogP contribution in [0.2, 0.25) is 5.02 Å². The Morgan fingerprint density at radius 2 is 1.81 bits per heavy atom. The first kappa shape index (κ1) is 15.7. The Balaban J connectivity index is 2.16. The van der Waals surface area contributed by atoms with Crippen molar-refractivity contribution in [3.63, 3.8) is 0 Å². The number of carbonyl (C=O) groups is 1. The van der Waals surface area contributed by atoms with Crippen LogP contribution in [0.15, 0.2) is 42.5 Å². The van der Waals surface area contributed by atoms with Gasteiger partial charge in [0.1, 0.15) is 0 Å². The second-order valence-corrected chi connectivity index (χ2v) is 5.60. The van der Waals surface area contributed by atoms with Gasteiger partial charge in [0.25, 0.3) is 0 Å². The molecule has 2 aromatic rings. The molecule has 0 unspecified atom stereocenters. The lowest BCUT2D eigenvalue weighted by Crippen LogP contribution is -2.04. The van der Waals surface area contributed by atoms with E-state index in [2.05, 4.69) is 6.07 Å². The summed E-state index contributed by atoms with van der Waals surface area (Å²) in [6.45, 7) is 2.19. The zero-order valence-electron chi connectivity index (χ0n) is 12.1. The van der Waals surface area contributed by atoms with Crippen LogP contribution >= 0.6 is 11.6 Å². The highest BCUT2D eigenvalue weighted by atomic mass is 35.5. The van der Waals surface area contributed by atoms with E-state index in [4.69, 9.17) is 17.3 Å². The average Bonchev–Trinajstić information content (AvgIpc) is 2.48. The van der Waals surface area contributed by atoms with Crippen LogP contribution in [0.1, 0.15) is 39.9 Å². The fraction of sp³-hybridized carbons (Fsp3) is 0.278. The Morgan fingerprint density at radius 1 is 1.10 bits per heavy atom. The first-order valence-corrected chi connectivity index (χ1v) is 7.50. The number of hydrogen-bond acceptors (Lipinski definition) is 1. The summed E-state index contributed by atoms with van der Waals surface area (Å²) in [7, 11) is 0. The number of hydrogen-bond donors (Lipinski definition) is 0. The normalized spacial score (nSPS) is 10.6. The molecule has 0 bridgehead atoms. The Bertz CT molecular complexity index is 620. The molecule has 0 saturated heterocycles. The average molecular weight is 300 g/mol. The Morgan fingerprint density at radius 3 is 2.43 bits per heavy atom. The zero-order chi connectivity index (χ0) is 15.2. The summed E-state index contributed by atoms with van der Waals surface area (Å²) in [4.78, 5) is 12.5. The first-order valence-electron chi connectivity index (χ1n) is 7.12. The minimum absolute atomic E-state index is 0.0195. The fourth-order valence-electron chi connectivity index (χ4n) is 2.33. The van der Waals surface area contributed by atoms with Gasteiger partial charge in [-0.2, -0.15) is 0 Å². The molecule has 108 valence electrons. The molecule has 2 rings (SSSR count). The van der Waals surface area contributed by atoms with Crippen molar-refractivity contribution in [3.05, 3.63) is 69.7 Å². The maximum atomic E-state index is 12.5. The van der Waals surface area contributed by atoms with Gasteiger partial charge in [-0.15, -0.1) is 5.73 Å². The van der Waals surface area contributed by atoms with Gasteiger partial charge < -0.3 is 0 Å². The monoisotopic (exact) mass is 299 g/mol. The lowest BCUT2D eigenvalue weighted by molar-refractivity contribution is 0.103. The number of benzene rings is 2. The molecule has 0 aliphatic heterocycles. The molecular weight excluding hydrogens is 282 g/mol. The Kier molecular flexibility index (Phi) is 5.54. The van der Waals surface area contributed by atoms with Crippen molar-refractivity contribution >= 4 is 17.4 Å². The summed E-state index contributed by atoms with van der Waals surface area (Å²) in [5.41, 5.74) is 12.4. The third kappa shape index (κ3) is 4.16. The van der Waals surface area contributed by atoms with Crippen LogP contribution in [0.4, 0.5) is 0 Å². The SMILES string of the molecule is Cc1cc(CCCC[N])ccc1C(=O)c1ccc(Cl)cc1. The van der Waals surface area contributed by atoms with Crippen LogP contribution in [0.3, 0.4) is 0 Å². The standard InChI is InChI=1S/C18H18ClNO/c1-13-12-14(4-2-3-11-20)5-10-17(13)18(21)15-6-8-16(19)9-7-15/h5-10,12H,2-4,11H2,1H3. The highest BCUT2D eigenvalue weighted by Gasteiger charge is 2.12. The second kappa shape index (κ2) is 7.39. The molecular formula is C18H18ClNO. The van der Waals surface area contributed by atoms with E-state index in [1.165, 1.54) is 5.56 Å². The molecule has 0 spiro atoms. The van der Waals surface area contributed by atoms with Gasteiger partial charge in [0, 0.05) is 22.7 Å². The van der Waals surface area contributed by atoms with Crippen molar-refractivity contribution in [2.45, 2.75) is 26.2 Å². The van der Waals surface area contributed by atoms with E-state index in [1.807, 2.05) is 19.1 Å². The summed E-state index contributed by atoms with van der Waals surface area (Å²) in [5, 5.41) is 0.627. The van der Waals surface area contributed by atoms with Gasteiger partial charge in [-0.3, -0.25) is 4.79 Å². The van der Waals surface area contributed by atoms with Crippen LogP contribution in [0.5, 0.6) is 0 Å². The van der Waals surface area contributed by atoms with Crippen molar-refractivity contribution in [1.29, 1.82) is 0 Å². The summed E-state index contributed by atoms with van der Waals surface area (Å²) >= 11 is 5.85. The van der Waals surface area contributed by atoms with Gasteiger partial charge in [-0.1, -0.05) is 29.8 Å². The van der Waals surface area contributed by atoms with E-state index in [-0.39, 0.29) is 12.3 Å². The number of carbonyl (C=O) groups excluding carboxylic acids is 1. The van der Waals surface area contributed by atoms with Gasteiger partial charge >= 0.3 is 0 Å². The minimum Gasteiger partial charge on any atom is -0.289 e. The molecule has 2 aromatic carbocycles. The van der Waals surface area contributed by atoms with E-state index in [9.17, 15) is 4.79 Å². The van der Waals surface area contributed by atoms with Crippen LogP contribution in [0.25, 0.3) is 0 Å². The maximum absolute atomic E-state index is 12.5. The van der Waals surface area contributed by atoms with Crippen molar-refractivity contribution < 1.29 is 4.79 Å². The topological polar surface area (TPSA) is 39.4 Å². The molecule has 0 saturated carbocycles. The lowest BCUT2D eigenvalue weighted by Gasteiger charge is -2.08. The first-order chi connectivity index (χ1) is 10.1. The molecule has 0 aromatic heterocycles. The highest BCUT2D eigenvalue weighted by Crippen LogP contribution is 2.18. The number of unbranched alkanes of at least 4 members (excludes halogenated alkanes) is 1. The Labute approximate surface area is 130 Å². The third-order valence-corrected chi connectivity index (χ3v) is 3.77. The molecule has 21 heavy (non-hydrogen) atoms. The second-order valence-electron chi connectivity index (χ2n) is 5.17. The van der Waals surface area contributed by atoms with E-state index in [1.54, 1.807) is 24.3 Å². The van der Waals surface area contributed by atoms with Crippen LogP contribution in [-0.2, 0) is 6.42 Å². The van der Waals surface area contributed by atoms with Gasteiger partial charge in [-0.25, -0.2) is 0 Å². The highest BCUT2D eigenvalue weighted by molar-refractivity contribution is 6.30. The third-order valence-electron chi connectivity index (χ3n) is 3.52. The number of halogens is 1. The molecule has 0 fully saturated rings. The van der Waals surface area contributed by atoms with Crippen LogP contribution in [0, 0.1) is 6.92 Å². The molecule has 0 aliphatic rings. The quantitative estimate of drug-likeness (QED) is 0.580. The lowest BCUT2D eigenvalue weighted by atomic mass is 9.96. The van der Waals surface area contributed by atoms with Gasteiger partial charge in [-0.05, 0) is 61.6 Å². The van der Waals surface area contributed by atoms with Crippen molar-refractivity contribution in [1.82, 2.24) is 5.73 Å². The van der Waals surface area contributed by atoms with Gasteiger partial charge in [0.15, 0.2) is 5.78 Å². The fourth-order valence-corrected chi connectivity index (χ4v) is 2.46. The molecule has 2 radical (unpaired) electrons. The molecule has 0 heterocycles. The minimum atomic E-state index is 0.0195. The molecule has 2 nitrogen and oxygen atoms in total. The summed E-state index contributed by atoms with van der Waals surface area (Å²) in [6.07, 6.45) is 2.70. The van der Waals surface area contributed by atoms with Crippen molar-refractivity contribution in [2.75, 3.05) is 6.54 Å².